The van der Waals surface area contributed by atoms with Gasteiger partial charge in [0.05, 0.1) is 12.7 Å². The fourth-order valence-electron chi connectivity index (χ4n) is 2.05. The molecular formula is C18H18O5. The molecule has 0 saturated heterocycles. The zero-order valence-electron chi connectivity index (χ0n) is 12.8. The number of ether oxygens (including phenoxy) is 2. The molecule has 0 fully saturated rings. The van der Waals surface area contributed by atoms with Gasteiger partial charge in [-0.1, -0.05) is 30.4 Å². The lowest BCUT2D eigenvalue weighted by molar-refractivity contribution is -0.142. The highest BCUT2D eigenvalue weighted by atomic mass is 16.6. The van der Waals surface area contributed by atoms with E-state index in [0.29, 0.717) is 17.7 Å². The van der Waals surface area contributed by atoms with Crippen LogP contribution in [0, 0.1) is 0 Å². The van der Waals surface area contributed by atoms with Crippen molar-refractivity contribution in [3.8, 4) is 5.75 Å². The molecule has 120 valence electrons. The first kappa shape index (κ1) is 16.7. The van der Waals surface area contributed by atoms with E-state index < -0.39 is 11.6 Å². The van der Waals surface area contributed by atoms with Crippen LogP contribution in [0.5, 0.6) is 5.75 Å². The van der Waals surface area contributed by atoms with Crippen LogP contribution in [0.1, 0.15) is 16.8 Å². The fraction of sp³-hybridized carbons (Fsp3) is 0.222. The Labute approximate surface area is 134 Å². The van der Waals surface area contributed by atoms with Gasteiger partial charge in [0.1, 0.15) is 11.4 Å². The Morgan fingerprint density at radius 2 is 2.09 bits per heavy atom. The summed E-state index contributed by atoms with van der Waals surface area (Å²) in [5, 5.41) is 10.3. The molecule has 1 aromatic rings. The Bertz CT molecular complexity index is 672. The Morgan fingerprint density at radius 1 is 1.30 bits per heavy atom. The summed E-state index contributed by atoms with van der Waals surface area (Å²) in [7, 11) is 1.26. The molecule has 1 N–H and O–H groups in total. The molecule has 1 aliphatic rings. The maximum atomic E-state index is 12.3. The number of hydrogen-bond donors (Lipinski definition) is 1. The molecule has 0 bridgehead atoms. The van der Waals surface area contributed by atoms with Crippen molar-refractivity contribution >= 4 is 11.8 Å². The smallest absolute Gasteiger partial charge is 0.343 e. The summed E-state index contributed by atoms with van der Waals surface area (Å²) in [4.78, 5) is 23.5. The van der Waals surface area contributed by atoms with Crippen molar-refractivity contribution in [3.63, 3.8) is 0 Å². The first-order valence-corrected chi connectivity index (χ1v) is 7.13. The summed E-state index contributed by atoms with van der Waals surface area (Å²) in [6.07, 6.45) is 10.2. The van der Waals surface area contributed by atoms with Gasteiger partial charge >= 0.3 is 5.97 Å². The number of rotatable bonds is 6. The Kier molecular flexibility index (Phi) is 5.49. The number of aliphatic hydroxyl groups is 1. The number of para-hydroxylation sites is 1. The molecule has 1 aliphatic carbocycles. The number of benzene rings is 1. The lowest BCUT2D eigenvalue weighted by atomic mass is 9.94. The van der Waals surface area contributed by atoms with Crippen molar-refractivity contribution in [1.29, 1.82) is 0 Å². The topological polar surface area (TPSA) is 72.8 Å². The van der Waals surface area contributed by atoms with Crippen molar-refractivity contribution in [3.05, 3.63) is 66.3 Å². The second-order valence-electron chi connectivity index (χ2n) is 5.04. The number of carbonyl (C=O) groups excluding carboxylic acids is 2. The second-order valence-corrected chi connectivity index (χ2v) is 5.04. The summed E-state index contributed by atoms with van der Waals surface area (Å²) in [5.74, 6) is -0.559. The van der Waals surface area contributed by atoms with Gasteiger partial charge in [-0.05, 0) is 30.4 Å². The van der Waals surface area contributed by atoms with E-state index in [1.54, 1.807) is 36.4 Å². The lowest BCUT2D eigenvalue weighted by Crippen LogP contribution is -2.23. The minimum atomic E-state index is -1.16. The summed E-state index contributed by atoms with van der Waals surface area (Å²) >= 11 is 0. The first-order chi connectivity index (χ1) is 11.0. The molecule has 1 atom stereocenters. The summed E-state index contributed by atoms with van der Waals surface area (Å²) in [6.45, 7) is -0.276. The van der Waals surface area contributed by atoms with Gasteiger partial charge in [-0.25, -0.2) is 4.79 Å². The number of hydrogen-bond acceptors (Lipinski definition) is 5. The van der Waals surface area contributed by atoms with E-state index in [9.17, 15) is 14.7 Å². The SMILES string of the molecule is COC(=O)COc1ccccc1C(=O)C=CC1(O)C=CC=CC1. The van der Waals surface area contributed by atoms with Gasteiger partial charge in [0.2, 0.25) is 0 Å². The van der Waals surface area contributed by atoms with Crippen LogP contribution in [0.3, 0.4) is 0 Å². The molecule has 0 amide bonds. The van der Waals surface area contributed by atoms with E-state index in [1.807, 2.05) is 12.2 Å². The molecule has 23 heavy (non-hydrogen) atoms. The monoisotopic (exact) mass is 314 g/mol. The predicted molar refractivity (Wildman–Crippen MR) is 85.3 cm³/mol. The van der Waals surface area contributed by atoms with Crippen LogP contribution in [-0.4, -0.2) is 36.2 Å². The molecule has 0 spiro atoms. The number of ketones is 1. The van der Waals surface area contributed by atoms with Crippen molar-refractivity contribution in [2.45, 2.75) is 12.0 Å². The summed E-state index contributed by atoms with van der Waals surface area (Å²) in [6, 6.07) is 6.60. The van der Waals surface area contributed by atoms with Crippen LogP contribution >= 0.6 is 0 Å². The van der Waals surface area contributed by atoms with Gasteiger partial charge in [0.15, 0.2) is 12.4 Å². The minimum absolute atomic E-state index is 0.276. The third-order valence-electron chi connectivity index (χ3n) is 3.33. The van der Waals surface area contributed by atoms with E-state index in [1.165, 1.54) is 19.3 Å². The zero-order chi connectivity index (χ0) is 16.7. The molecule has 0 saturated carbocycles. The average molecular weight is 314 g/mol. The van der Waals surface area contributed by atoms with Gasteiger partial charge in [0, 0.05) is 6.42 Å². The highest BCUT2D eigenvalue weighted by Crippen LogP contribution is 2.22. The number of methoxy groups -OCH3 is 1. The van der Waals surface area contributed by atoms with E-state index in [2.05, 4.69) is 4.74 Å². The first-order valence-electron chi connectivity index (χ1n) is 7.13. The number of carbonyl (C=O) groups is 2. The van der Waals surface area contributed by atoms with Crippen molar-refractivity contribution in [1.82, 2.24) is 0 Å². The number of esters is 1. The molecule has 1 aromatic carbocycles. The minimum Gasteiger partial charge on any atom is -0.481 e. The van der Waals surface area contributed by atoms with Gasteiger partial charge in [-0.2, -0.15) is 0 Å². The molecule has 0 heterocycles. The highest BCUT2D eigenvalue weighted by molar-refractivity contribution is 6.06. The van der Waals surface area contributed by atoms with Crippen LogP contribution in [-0.2, 0) is 9.53 Å². The van der Waals surface area contributed by atoms with Crippen molar-refractivity contribution < 1.29 is 24.2 Å². The van der Waals surface area contributed by atoms with E-state index in [4.69, 9.17) is 4.74 Å². The van der Waals surface area contributed by atoms with Crippen LogP contribution < -0.4 is 4.74 Å². The lowest BCUT2D eigenvalue weighted by Gasteiger charge is -2.20. The maximum Gasteiger partial charge on any atom is 0.343 e. The van der Waals surface area contributed by atoms with Crippen LogP contribution in [0.2, 0.25) is 0 Å². The van der Waals surface area contributed by atoms with Crippen LogP contribution in [0.25, 0.3) is 0 Å². The van der Waals surface area contributed by atoms with Crippen LogP contribution in [0.15, 0.2) is 60.7 Å². The summed E-state index contributed by atoms with van der Waals surface area (Å²) < 4.78 is 9.81. The van der Waals surface area contributed by atoms with Crippen molar-refractivity contribution in [2.75, 3.05) is 13.7 Å². The predicted octanol–water partition coefficient (Wildman–Crippen LogP) is 2.22. The number of allylic oxidation sites excluding steroid dienone is 3. The average Bonchev–Trinajstić information content (AvgIpc) is 2.58. The standard InChI is InChI=1S/C18H18O5/c1-22-17(20)13-23-16-8-4-3-7-14(16)15(19)9-12-18(21)10-5-2-6-11-18/h2-10,12,21H,11,13H2,1H3. The third kappa shape index (κ3) is 4.66. The quantitative estimate of drug-likeness (QED) is 0.495. The molecular weight excluding hydrogens is 296 g/mol. The van der Waals surface area contributed by atoms with E-state index in [-0.39, 0.29) is 12.4 Å². The Balaban J connectivity index is 2.11. The van der Waals surface area contributed by atoms with E-state index >= 15 is 0 Å². The highest BCUT2D eigenvalue weighted by Gasteiger charge is 2.20. The third-order valence-corrected chi connectivity index (χ3v) is 3.33. The molecule has 1 unspecified atom stereocenters. The Hall–Kier alpha value is -2.66. The molecule has 0 aromatic heterocycles. The maximum absolute atomic E-state index is 12.3. The van der Waals surface area contributed by atoms with Gasteiger partial charge < -0.3 is 14.6 Å². The fourth-order valence-corrected chi connectivity index (χ4v) is 2.05. The molecule has 2 rings (SSSR count). The molecule has 5 heteroatoms. The second kappa shape index (κ2) is 7.56. The van der Waals surface area contributed by atoms with Gasteiger partial charge in [-0.15, -0.1) is 0 Å². The van der Waals surface area contributed by atoms with Crippen molar-refractivity contribution in [2.24, 2.45) is 0 Å². The Morgan fingerprint density at radius 3 is 2.78 bits per heavy atom. The normalized spacial score (nSPS) is 19.7. The molecule has 0 radical (unpaired) electrons. The molecule has 0 aliphatic heterocycles. The van der Waals surface area contributed by atoms with Gasteiger partial charge in [0.25, 0.3) is 0 Å². The summed E-state index contributed by atoms with van der Waals surface area (Å²) in [5.41, 5.74) is -0.849. The largest absolute Gasteiger partial charge is 0.481 e. The molecule has 5 nitrogen and oxygen atoms in total. The van der Waals surface area contributed by atoms with E-state index in [0.717, 1.165) is 0 Å². The zero-order valence-corrected chi connectivity index (χ0v) is 12.8. The van der Waals surface area contributed by atoms with Crippen LogP contribution in [0.4, 0.5) is 0 Å². The van der Waals surface area contributed by atoms with Gasteiger partial charge in [-0.3, -0.25) is 4.79 Å².